The summed E-state index contributed by atoms with van der Waals surface area (Å²) in [6.07, 6.45) is 9.79. The van der Waals surface area contributed by atoms with Gasteiger partial charge in [0.2, 0.25) is 11.9 Å². The standard InChI is InChI=1S/C29H30N8O2/c1-36-14-4-5-24(27(36)38)20-16-31-28(32-17-20)33-21-9-10-22(15-21)34-29-35-26-25(6-3-13-30-26)37(29)18-19-7-11-23(39-2)12-8-19/h3-8,11-14,16-17,21-22H,9-10,15,18H2,1-2H3,(H,30,34,35)(H,31,32,33)/t21-,22-/m0/s1. The van der Waals surface area contributed by atoms with Crippen molar-refractivity contribution in [3.05, 3.63) is 89.2 Å². The normalized spacial score (nSPS) is 16.9. The maximum absolute atomic E-state index is 12.4. The second-order valence-corrected chi connectivity index (χ2v) is 9.84. The predicted octanol–water partition coefficient (Wildman–Crippen LogP) is 4.09. The summed E-state index contributed by atoms with van der Waals surface area (Å²) in [5, 5.41) is 7.13. The summed E-state index contributed by atoms with van der Waals surface area (Å²) in [5.41, 5.74) is 4.09. The molecular weight excluding hydrogens is 492 g/mol. The lowest BCUT2D eigenvalue weighted by Gasteiger charge is -2.17. The number of nitrogens with one attached hydrogen (secondary N) is 2. The van der Waals surface area contributed by atoms with Crippen molar-refractivity contribution >= 4 is 23.1 Å². The Hall–Kier alpha value is -4.73. The Morgan fingerprint density at radius 1 is 0.974 bits per heavy atom. The Morgan fingerprint density at radius 3 is 2.51 bits per heavy atom. The zero-order chi connectivity index (χ0) is 26.8. The topological polar surface area (TPSA) is 112 Å². The van der Waals surface area contributed by atoms with Crippen LogP contribution in [0.25, 0.3) is 22.3 Å². The number of imidazole rings is 1. The van der Waals surface area contributed by atoms with Crippen LogP contribution in [-0.4, -0.2) is 48.3 Å². The zero-order valence-corrected chi connectivity index (χ0v) is 21.9. The van der Waals surface area contributed by atoms with Gasteiger partial charge in [-0.3, -0.25) is 4.79 Å². The summed E-state index contributed by atoms with van der Waals surface area (Å²) in [6, 6.07) is 16.2. The molecule has 10 nitrogen and oxygen atoms in total. The fourth-order valence-corrected chi connectivity index (χ4v) is 5.11. The fourth-order valence-electron chi connectivity index (χ4n) is 5.11. The number of aromatic nitrogens is 6. The van der Waals surface area contributed by atoms with E-state index in [2.05, 4.69) is 48.4 Å². The molecule has 1 aliphatic rings. The van der Waals surface area contributed by atoms with Crippen molar-refractivity contribution in [3.63, 3.8) is 0 Å². The Morgan fingerprint density at radius 2 is 1.74 bits per heavy atom. The maximum atomic E-state index is 12.4. The number of benzene rings is 1. The summed E-state index contributed by atoms with van der Waals surface area (Å²) >= 11 is 0. The number of fused-ring (bicyclic) bond motifs is 1. The summed E-state index contributed by atoms with van der Waals surface area (Å²) in [5.74, 6) is 2.21. The summed E-state index contributed by atoms with van der Waals surface area (Å²) in [6.45, 7) is 0.674. The highest BCUT2D eigenvalue weighted by Gasteiger charge is 2.27. The molecule has 0 unspecified atom stereocenters. The first-order valence-electron chi connectivity index (χ1n) is 13.0. The van der Waals surface area contributed by atoms with Crippen LogP contribution in [0.5, 0.6) is 5.75 Å². The van der Waals surface area contributed by atoms with Crippen LogP contribution in [0.3, 0.4) is 0 Å². The molecule has 0 aliphatic heterocycles. The predicted molar refractivity (Wildman–Crippen MR) is 151 cm³/mol. The molecule has 4 aromatic heterocycles. The Balaban J connectivity index is 1.14. The Bertz CT molecular complexity index is 1640. The van der Waals surface area contributed by atoms with Gasteiger partial charge >= 0.3 is 0 Å². The first kappa shape index (κ1) is 24.6. The lowest BCUT2D eigenvalue weighted by Crippen LogP contribution is -2.23. The maximum Gasteiger partial charge on any atom is 0.258 e. The van der Waals surface area contributed by atoms with Crippen LogP contribution in [0.15, 0.2) is 78.1 Å². The Kier molecular flexibility index (Phi) is 6.66. The molecule has 39 heavy (non-hydrogen) atoms. The average Bonchev–Trinajstić information content (AvgIpc) is 3.55. The van der Waals surface area contributed by atoms with Crippen LogP contribution in [0.4, 0.5) is 11.9 Å². The molecule has 1 aliphatic carbocycles. The second-order valence-electron chi connectivity index (χ2n) is 9.84. The van der Waals surface area contributed by atoms with E-state index >= 15 is 0 Å². The highest BCUT2D eigenvalue weighted by Crippen LogP contribution is 2.27. The third-order valence-electron chi connectivity index (χ3n) is 7.21. The molecule has 4 heterocycles. The molecule has 1 aromatic carbocycles. The molecule has 0 amide bonds. The third kappa shape index (κ3) is 5.18. The molecule has 2 N–H and O–H groups in total. The number of methoxy groups -OCH3 is 1. The summed E-state index contributed by atoms with van der Waals surface area (Å²) < 4.78 is 9.04. The number of hydrogen-bond donors (Lipinski definition) is 2. The molecular formula is C29H30N8O2. The van der Waals surface area contributed by atoms with Crippen molar-refractivity contribution in [1.82, 2.24) is 29.1 Å². The quantitative estimate of drug-likeness (QED) is 0.314. The van der Waals surface area contributed by atoms with E-state index in [1.165, 1.54) is 0 Å². The van der Waals surface area contributed by atoms with E-state index in [1.54, 1.807) is 49.6 Å². The van der Waals surface area contributed by atoms with Crippen molar-refractivity contribution < 1.29 is 4.74 Å². The molecule has 2 atom stereocenters. The lowest BCUT2D eigenvalue weighted by molar-refractivity contribution is 0.414. The van der Waals surface area contributed by atoms with Crippen molar-refractivity contribution in [2.24, 2.45) is 7.05 Å². The van der Waals surface area contributed by atoms with E-state index in [4.69, 9.17) is 9.72 Å². The van der Waals surface area contributed by atoms with Crippen molar-refractivity contribution in [2.45, 2.75) is 37.9 Å². The van der Waals surface area contributed by atoms with Gasteiger partial charge in [-0.2, -0.15) is 4.98 Å². The molecule has 198 valence electrons. The van der Waals surface area contributed by atoms with Crippen LogP contribution in [0.2, 0.25) is 0 Å². The van der Waals surface area contributed by atoms with Crippen LogP contribution in [0.1, 0.15) is 24.8 Å². The monoisotopic (exact) mass is 522 g/mol. The molecule has 0 bridgehead atoms. The number of nitrogens with zero attached hydrogens (tertiary/aromatic N) is 6. The number of aryl methyl sites for hydroxylation is 1. The minimum atomic E-state index is -0.0697. The lowest BCUT2D eigenvalue weighted by atomic mass is 10.1. The van der Waals surface area contributed by atoms with Crippen LogP contribution in [0, 0.1) is 0 Å². The van der Waals surface area contributed by atoms with Crippen molar-refractivity contribution in [1.29, 1.82) is 0 Å². The summed E-state index contributed by atoms with van der Waals surface area (Å²) in [4.78, 5) is 30.6. The van der Waals surface area contributed by atoms with Crippen LogP contribution < -0.4 is 20.9 Å². The molecule has 6 rings (SSSR count). The number of anilines is 2. The van der Waals surface area contributed by atoms with Gasteiger partial charge in [0.25, 0.3) is 5.56 Å². The smallest absolute Gasteiger partial charge is 0.258 e. The average molecular weight is 523 g/mol. The number of hydrogen-bond acceptors (Lipinski definition) is 8. The van der Waals surface area contributed by atoms with Crippen LogP contribution in [-0.2, 0) is 13.6 Å². The SMILES string of the molecule is COc1ccc(Cn2c(N[C@H]3CC[C@H](Nc4ncc(-c5cccn(C)c5=O)cn4)C3)nc3ncccc32)cc1. The van der Waals surface area contributed by atoms with Crippen molar-refractivity contribution in [2.75, 3.05) is 17.7 Å². The van der Waals surface area contributed by atoms with E-state index in [-0.39, 0.29) is 17.6 Å². The molecule has 0 spiro atoms. The second kappa shape index (κ2) is 10.6. The first-order chi connectivity index (χ1) is 19.1. The van der Waals surface area contributed by atoms with Gasteiger partial charge < -0.3 is 24.5 Å². The molecule has 0 radical (unpaired) electrons. The molecule has 10 heteroatoms. The molecule has 0 saturated heterocycles. The number of ether oxygens (including phenoxy) is 1. The van der Waals surface area contributed by atoms with Gasteiger partial charge in [-0.05, 0) is 61.2 Å². The van der Waals surface area contributed by atoms with E-state index in [0.29, 0.717) is 23.6 Å². The molecule has 5 aromatic rings. The summed E-state index contributed by atoms with van der Waals surface area (Å²) in [7, 11) is 3.41. The van der Waals surface area contributed by atoms with Gasteiger partial charge in [0, 0.05) is 49.5 Å². The number of pyridine rings is 2. The van der Waals surface area contributed by atoms with Gasteiger partial charge in [0.15, 0.2) is 5.65 Å². The van der Waals surface area contributed by atoms with E-state index in [0.717, 1.165) is 47.7 Å². The fraction of sp³-hybridized carbons (Fsp3) is 0.276. The minimum absolute atomic E-state index is 0.0697. The van der Waals surface area contributed by atoms with E-state index < -0.39 is 0 Å². The Labute approximate surface area is 225 Å². The zero-order valence-electron chi connectivity index (χ0n) is 21.9. The largest absolute Gasteiger partial charge is 0.497 e. The van der Waals surface area contributed by atoms with Gasteiger partial charge in [-0.15, -0.1) is 0 Å². The van der Waals surface area contributed by atoms with Crippen molar-refractivity contribution in [3.8, 4) is 16.9 Å². The van der Waals surface area contributed by atoms with Gasteiger partial charge in [-0.25, -0.2) is 15.0 Å². The molecule has 1 saturated carbocycles. The van der Waals surface area contributed by atoms with Gasteiger partial charge in [0.05, 0.1) is 24.7 Å². The van der Waals surface area contributed by atoms with Gasteiger partial charge in [-0.1, -0.05) is 12.1 Å². The molecule has 1 fully saturated rings. The third-order valence-corrected chi connectivity index (χ3v) is 7.21. The minimum Gasteiger partial charge on any atom is -0.497 e. The van der Waals surface area contributed by atoms with E-state index in [9.17, 15) is 4.79 Å². The highest BCUT2D eigenvalue weighted by atomic mass is 16.5. The van der Waals surface area contributed by atoms with Gasteiger partial charge in [0.1, 0.15) is 5.75 Å². The number of rotatable bonds is 8. The van der Waals surface area contributed by atoms with E-state index in [1.807, 2.05) is 24.3 Å². The first-order valence-corrected chi connectivity index (χ1v) is 13.0. The van der Waals surface area contributed by atoms with Crippen LogP contribution >= 0.6 is 0 Å². The highest BCUT2D eigenvalue weighted by molar-refractivity contribution is 5.74.